The molecule has 0 fully saturated rings. The van der Waals surface area contributed by atoms with Crippen molar-refractivity contribution in [2.75, 3.05) is 12.4 Å². The lowest BCUT2D eigenvalue weighted by Crippen LogP contribution is -2.50. The zero-order valence-corrected chi connectivity index (χ0v) is 18.9. The van der Waals surface area contributed by atoms with E-state index in [9.17, 15) is 13.2 Å². The van der Waals surface area contributed by atoms with Crippen molar-refractivity contribution in [2.45, 2.75) is 37.2 Å². The van der Waals surface area contributed by atoms with Gasteiger partial charge in [-0.15, -0.1) is 0 Å². The van der Waals surface area contributed by atoms with E-state index in [-0.39, 0.29) is 17.3 Å². The molecular weight excluding hydrogens is 424 g/mol. The van der Waals surface area contributed by atoms with E-state index in [0.717, 1.165) is 17.5 Å². The highest BCUT2D eigenvalue weighted by molar-refractivity contribution is 7.89. The molecular formula is C25H26N2O4S. The number of carbonyl (C=O) groups is 1. The predicted molar refractivity (Wildman–Crippen MR) is 124 cm³/mol. The summed E-state index contributed by atoms with van der Waals surface area (Å²) in [5.74, 6) is 0.221. The molecule has 7 heteroatoms. The van der Waals surface area contributed by atoms with Crippen LogP contribution in [-0.2, 0) is 34.2 Å². The molecule has 1 N–H and O–H groups in total. The van der Waals surface area contributed by atoms with E-state index in [2.05, 4.69) is 12.2 Å². The fraction of sp³-hybridized carbons (Fsp3) is 0.240. The monoisotopic (exact) mass is 450 g/mol. The van der Waals surface area contributed by atoms with Gasteiger partial charge < -0.3 is 10.1 Å². The fourth-order valence-corrected chi connectivity index (χ4v) is 5.47. The molecule has 1 aliphatic rings. The Morgan fingerprint density at radius 1 is 1.00 bits per heavy atom. The average Bonchev–Trinajstić information content (AvgIpc) is 2.83. The topological polar surface area (TPSA) is 75.7 Å². The highest BCUT2D eigenvalue weighted by Gasteiger charge is 2.39. The van der Waals surface area contributed by atoms with Crippen molar-refractivity contribution in [1.82, 2.24) is 4.31 Å². The lowest BCUT2D eigenvalue weighted by molar-refractivity contribution is -0.120. The summed E-state index contributed by atoms with van der Waals surface area (Å²) in [5.41, 5.74) is 3.70. The third kappa shape index (κ3) is 4.40. The first kappa shape index (κ1) is 22.0. The molecule has 1 heterocycles. The van der Waals surface area contributed by atoms with Crippen LogP contribution in [0.15, 0.2) is 77.7 Å². The summed E-state index contributed by atoms with van der Waals surface area (Å²) in [5, 5.41) is 2.90. The standard InChI is InChI=1S/C25H26N2O4S/c1-3-18-8-10-21(11-9-18)26-25(28)24-16-19-6-4-5-7-20(19)17-27(24)32(29,30)23-14-12-22(31-2)13-15-23/h4-15,24H,3,16-17H2,1-2H3,(H,26,28)/t24-/m1/s1. The summed E-state index contributed by atoms with van der Waals surface area (Å²) in [6, 6.07) is 20.6. The zero-order valence-electron chi connectivity index (χ0n) is 18.1. The molecule has 1 aliphatic heterocycles. The number of nitrogens with one attached hydrogen (secondary N) is 1. The average molecular weight is 451 g/mol. The number of methoxy groups -OCH3 is 1. The van der Waals surface area contributed by atoms with E-state index in [1.807, 2.05) is 48.5 Å². The maximum atomic E-state index is 13.6. The van der Waals surface area contributed by atoms with Gasteiger partial charge in [0, 0.05) is 12.2 Å². The smallest absolute Gasteiger partial charge is 0.244 e. The van der Waals surface area contributed by atoms with E-state index in [1.165, 1.54) is 29.1 Å². The van der Waals surface area contributed by atoms with Crippen molar-refractivity contribution in [3.63, 3.8) is 0 Å². The second-order valence-electron chi connectivity index (χ2n) is 7.75. The van der Waals surface area contributed by atoms with E-state index in [1.54, 1.807) is 12.1 Å². The molecule has 3 aromatic carbocycles. The van der Waals surface area contributed by atoms with Gasteiger partial charge >= 0.3 is 0 Å². The number of hydrogen-bond donors (Lipinski definition) is 1. The van der Waals surface area contributed by atoms with Gasteiger partial charge in [-0.3, -0.25) is 4.79 Å². The molecule has 6 nitrogen and oxygen atoms in total. The minimum Gasteiger partial charge on any atom is -0.497 e. The summed E-state index contributed by atoms with van der Waals surface area (Å²) in [6.45, 7) is 2.20. The Morgan fingerprint density at radius 2 is 1.66 bits per heavy atom. The van der Waals surface area contributed by atoms with Crippen molar-refractivity contribution < 1.29 is 17.9 Å². The number of carbonyl (C=O) groups excluding carboxylic acids is 1. The van der Waals surface area contributed by atoms with E-state index >= 15 is 0 Å². The highest BCUT2D eigenvalue weighted by Crippen LogP contribution is 2.30. The zero-order chi connectivity index (χ0) is 22.7. The van der Waals surface area contributed by atoms with E-state index < -0.39 is 16.1 Å². The summed E-state index contributed by atoms with van der Waals surface area (Å²) in [6.07, 6.45) is 1.21. The normalized spacial score (nSPS) is 16.2. The molecule has 166 valence electrons. The number of fused-ring (bicyclic) bond motifs is 1. The Balaban J connectivity index is 1.67. The molecule has 32 heavy (non-hydrogen) atoms. The van der Waals surface area contributed by atoms with Crippen LogP contribution >= 0.6 is 0 Å². The number of ether oxygens (including phenoxy) is 1. The van der Waals surface area contributed by atoms with Crippen LogP contribution in [0, 0.1) is 0 Å². The number of amides is 1. The summed E-state index contributed by atoms with van der Waals surface area (Å²) < 4.78 is 33.5. The molecule has 4 rings (SSSR count). The van der Waals surface area contributed by atoms with Gasteiger partial charge in [0.05, 0.1) is 12.0 Å². The van der Waals surface area contributed by atoms with Gasteiger partial charge in [0.25, 0.3) is 0 Å². The Labute approximate surface area is 188 Å². The van der Waals surface area contributed by atoms with E-state index in [4.69, 9.17) is 4.74 Å². The van der Waals surface area contributed by atoms with E-state index in [0.29, 0.717) is 17.9 Å². The second-order valence-corrected chi connectivity index (χ2v) is 9.64. The van der Waals surface area contributed by atoms with Crippen LogP contribution in [0.3, 0.4) is 0 Å². The van der Waals surface area contributed by atoms with Gasteiger partial charge in [-0.05, 0) is 65.9 Å². The van der Waals surface area contributed by atoms with Crippen molar-refractivity contribution in [3.8, 4) is 5.75 Å². The molecule has 0 saturated carbocycles. The molecule has 0 aromatic heterocycles. The van der Waals surface area contributed by atoms with Crippen molar-refractivity contribution in [2.24, 2.45) is 0 Å². The summed E-state index contributed by atoms with van der Waals surface area (Å²) in [7, 11) is -2.38. The minimum atomic E-state index is -3.91. The van der Waals surface area contributed by atoms with Gasteiger partial charge in [0.15, 0.2) is 0 Å². The lowest BCUT2D eigenvalue weighted by Gasteiger charge is -2.35. The van der Waals surface area contributed by atoms with Gasteiger partial charge in [0.2, 0.25) is 15.9 Å². The molecule has 0 saturated heterocycles. The molecule has 0 bridgehead atoms. The number of rotatable bonds is 6. The predicted octanol–water partition coefficient (Wildman–Crippen LogP) is 4.01. The SMILES string of the molecule is CCc1ccc(NC(=O)[C@H]2Cc3ccccc3CN2S(=O)(=O)c2ccc(OC)cc2)cc1. The Hall–Kier alpha value is -3.16. The van der Waals surface area contributed by atoms with Gasteiger partial charge in [-0.2, -0.15) is 4.31 Å². The first-order valence-corrected chi connectivity index (χ1v) is 12.0. The number of hydrogen-bond acceptors (Lipinski definition) is 4. The largest absolute Gasteiger partial charge is 0.497 e. The third-order valence-electron chi connectivity index (χ3n) is 5.80. The third-order valence-corrected chi connectivity index (χ3v) is 7.67. The molecule has 3 aromatic rings. The highest BCUT2D eigenvalue weighted by atomic mass is 32.2. The fourth-order valence-electron chi connectivity index (χ4n) is 3.91. The van der Waals surface area contributed by atoms with Crippen molar-refractivity contribution in [3.05, 3.63) is 89.5 Å². The Kier molecular flexibility index (Phi) is 6.30. The summed E-state index contributed by atoms with van der Waals surface area (Å²) >= 11 is 0. The quantitative estimate of drug-likeness (QED) is 0.616. The number of aryl methyl sites for hydroxylation is 1. The number of sulfonamides is 1. The van der Waals surface area contributed by atoms with Gasteiger partial charge in [0.1, 0.15) is 11.8 Å². The van der Waals surface area contributed by atoms with Gasteiger partial charge in [-0.1, -0.05) is 43.3 Å². The number of benzene rings is 3. The maximum absolute atomic E-state index is 13.6. The first-order chi connectivity index (χ1) is 15.4. The molecule has 0 unspecified atom stereocenters. The molecule has 1 amide bonds. The maximum Gasteiger partial charge on any atom is 0.244 e. The van der Waals surface area contributed by atoms with Crippen LogP contribution < -0.4 is 10.1 Å². The molecule has 0 radical (unpaired) electrons. The van der Waals surface area contributed by atoms with Crippen LogP contribution in [0.4, 0.5) is 5.69 Å². The van der Waals surface area contributed by atoms with Crippen LogP contribution in [-0.4, -0.2) is 31.8 Å². The second kappa shape index (κ2) is 9.14. The molecule has 0 spiro atoms. The molecule has 1 atom stereocenters. The van der Waals surface area contributed by atoms with Crippen LogP contribution in [0.25, 0.3) is 0 Å². The Bertz CT molecular complexity index is 1210. The summed E-state index contributed by atoms with van der Waals surface area (Å²) in [4.78, 5) is 13.4. The lowest BCUT2D eigenvalue weighted by atomic mass is 9.95. The minimum absolute atomic E-state index is 0.128. The first-order valence-electron chi connectivity index (χ1n) is 10.5. The van der Waals surface area contributed by atoms with Gasteiger partial charge in [-0.25, -0.2) is 8.42 Å². The number of nitrogens with zero attached hydrogens (tertiary/aromatic N) is 1. The number of anilines is 1. The van der Waals surface area contributed by atoms with Crippen molar-refractivity contribution in [1.29, 1.82) is 0 Å². The van der Waals surface area contributed by atoms with Crippen LogP contribution in [0.2, 0.25) is 0 Å². The van der Waals surface area contributed by atoms with Crippen LogP contribution in [0.1, 0.15) is 23.6 Å². The Morgan fingerprint density at radius 3 is 2.28 bits per heavy atom. The van der Waals surface area contributed by atoms with Crippen LogP contribution in [0.5, 0.6) is 5.75 Å². The van der Waals surface area contributed by atoms with Crippen molar-refractivity contribution >= 4 is 21.6 Å². The molecule has 0 aliphatic carbocycles.